The van der Waals surface area contributed by atoms with Gasteiger partial charge in [-0.05, 0) is 63.9 Å². The summed E-state index contributed by atoms with van der Waals surface area (Å²) >= 11 is 1.90. The lowest BCUT2D eigenvalue weighted by Crippen LogP contribution is -2.56. The maximum atomic E-state index is 7.05. The molecular weight excluding hydrogens is 751 g/mol. The molecule has 0 saturated carbocycles. The molecule has 0 N–H and O–H groups in total. The number of thiophene rings is 1. The van der Waals surface area contributed by atoms with Crippen molar-refractivity contribution < 1.29 is 8.83 Å². The Bertz CT molecular complexity index is 3840. The average Bonchev–Trinajstić information content (AvgIpc) is 4.03. The predicted octanol–water partition coefficient (Wildman–Crippen LogP) is 14.2. The molecule has 0 unspecified atom stereocenters. The third-order valence-electron chi connectivity index (χ3n) is 13.3. The molecule has 282 valence electrons. The van der Waals surface area contributed by atoms with Gasteiger partial charge in [0.15, 0.2) is 0 Å². The van der Waals surface area contributed by atoms with E-state index >= 15 is 0 Å². The minimum atomic E-state index is -0.145. The molecule has 0 amide bonds. The summed E-state index contributed by atoms with van der Waals surface area (Å²) in [5.41, 5.74) is 16.8. The number of benzene rings is 8. The Labute approximate surface area is 349 Å². The molecule has 0 spiro atoms. The molecule has 12 aromatic rings. The number of furan rings is 2. The predicted molar refractivity (Wildman–Crippen MR) is 254 cm³/mol. The number of nitrogens with zero attached hydrogens (tertiary/aromatic N) is 2. The van der Waals surface area contributed by atoms with Crippen molar-refractivity contribution >= 4 is 121 Å². The van der Waals surface area contributed by atoms with Gasteiger partial charge in [-0.1, -0.05) is 136 Å². The summed E-state index contributed by atoms with van der Waals surface area (Å²) in [7, 11) is 0. The van der Waals surface area contributed by atoms with Gasteiger partial charge in [-0.2, -0.15) is 0 Å². The highest BCUT2D eigenvalue weighted by Gasteiger charge is 2.45. The fourth-order valence-corrected chi connectivity index (χ4v) is 11.9. The van der Waals surface area contributed by atoms with Crippen LogP contribution < -0.4 is 15.8 Å². The standard InChI is InChI=1S/C54H35BN2O2S/c1-54(2,3)31-24-25-41(37(26-31)30-14-5-4-6-15-30)56-42-29-46-38(32-16-7-10-21-44(32)58-46)27-40(42)55-50-43(56)28-39-33-17-8-11-22-45(33)59-52(39)49(50)36-20-13-19-35-48-34-18-9-12-23-47(34)60-53(48)57(55)51(35)36/h4-29H,1-3H3. The van der Waals surface area contributed by atoms with Crippen LogP contribution in [-0.4, -0.2) is 11.3 Å². The van der Waals surface area contributed by atoms with Crippen LogP contribution in [0.1, 0.15) is 26.3 Å². The van der Waals surface area contributed by atoms with Gasteiger partial charge in [-0.3, -0.25) is 0 Å². The van der Waals surface area contributed by atoms with Gasteiger partial charge < -0.3 is 18.2 Å². The lowest BCUT2D eigenvalue weighted by molar-refractivity contribution is 0.590. The molecule has 0 saturated heterocycles. The normalized spacial score (nSPS) is 13.5. The highest BCUT2D eigenvalue weighted by Crippen LogP contribution is 2.53. The molecule has 4 nitrogen and oxygen atoms in total. The van der Waals surface area contributed by atoms with Crippen molar-refractivity contribution in [1.82, 2.24) is 4.48 Å². The van der Waals surface area contributed by atoms with Crippen molar-refractivity contribution in [2.24, 2.45) is 0 Å². The van der Waals surface area contributed by atoms with Gasteiger partial charge in [-0.25, -0.2) is 0 Å². The Kier molecular flexibility index (Phi) is 6.24. The molecule has 6 heteroatoms. The minimum Gasteiger partial charge on any atom is -0.456 e. The van der Waals surface area contributed by atoms with Crippen molar-refractivity contribution in [3.05, 3.63) is 163 Å². The topological polar surface area (TPSA) is 34.5 Å². The molecule has 14 rings (SSSR count). The van der Waals surface area contributed by atoms with Crippen LogP contribution in [0.2, 0.25) is 0 Å². The fourth-order valence-electron chi connectivity index (χ4n) is 10.7. The van der Waals surface area contributed by atoms with E-state index in [2.05, 4.69) is 188 Å². The average molecular weight is 787 g/mol. The monoisotopic (exact) mass is 786 g/mol. The molecule has 4 aromatic heterocycles. The van der Waals surface area contributed by atoms with Gasteiger partial charge in [0.25, 0.3) is 0 Å². The molecule has 0 aliphatic carbocycles. The lowest BCUT2D eigenvalue weighted by atomic mass is 9.45. The molecule has 8 aromatic carbocycles. The maximum absolute atomic E-state index is 7.05. The van der Waals surface area contributed by atoms with Crippen molar-refractivity contribution in [3.8, 4) is 22.3 Å². The first-order chi connectivity index (χ1) is 29.4. The number of hydrogen-bond donors (Lipinski definition) is 0. The Morgan fingerprint density at radius 2 is 1.25 bits per heavy atom. The SMILES string of the molecule is CC(C)(C)c1ccc(N2c3cc4oc5ccccc5c4cc3B3c4c2cc2c(oc5ccccc52)c4-c2cccc4c5c6ccccc6sc5n3c24)c(-c2ccccc2)c1. The second-order valence-electron chi connectivity index (χ2n) is 17.6. The van der Waals surface area contributed by atoms with E-state index in [1.807, 2.05) is 11.3 Å². The fraction of sp³-hybridized carbons (Fsp3) is 0.0741. The van der Waals surface area contributed by atoms with Crippen LogP contribution in [0.5, 0.6) is 0 Å². The summed E-state index contributed by atoms with van der Waals surface area (Å²) in [6.45, 7) is 6.75. The summed E-state index contributed by atoms with van der Waals surface area (Å²) < 4.78 is 17.8. The quantitative estimate of drug-likeness (QED) is 0.164. The van der Waals surface area contributed by atoms with Gasteiger partial charge in [0.1, 0.15) is 22.3 Å². The highest BCUT2D eigenvalue weighted by atomic mass is 32.1. The zero-order valence-electron chi connectivity index (χ0n) is 33.2. The molecule has 6 heterocycles. The summed E-state index contributed by atoms with van der Waals surface area (Å²) in [6.07, 6.45) is 0. The summed E-state index contributed by atoms with van der Waals surface area (Å²) in [6, 6.07) is 58.0. The van der Waals surface area contributed by atoms with Crippen LogP contribution >= 0.6 is 11.3 Å². The van der Waals surface area contributed by atoms with Gasteiger partial charge in [0.05, 0.1) is 10.5 Å². The van der Waals surface area contributed by atoms with Crippen molar-refractivity contribution in [2.75, 3.05) is 4.90 Å². The lowest BCUT2D eigenvalue weighted by Gasteiger charge is -2.41. The van der Waals surface area contributed by atoms with Crippen LogP contribution in [-0.2, 0) is 5.41 Å². The largest absolute Gasteiger partial charge is 0.456 e. The first kappa shape index (κ1) is 32.9. The minimum absolute atomic E-state index is 0.0414. The number of aromatic nitrogens is 1. The van der Waals surface area contributed by atoms with Crippen molar-refractivity contribution in [3.63, 3.8) is 0 Å². The number of para-hydroxylation sites is 3. The molecule has 0 atom stereocenters. The highest BCUT2D eigenvalue weighted by molar-refractivity contribution is 7.26. The van der Waals surface area contributed by atoms with Crippen molar-refractivity contribution in [1.29, 1.82) is 0 Å². The third kappa shape index (κ3) is 4.16. The zero-order valence-corrected chi connectivity index (χ0v) is 34.0. The van der Waals surface area contributed by atoms with E-state index in [-0.39, 0.29) is 12.3 Å². The number of fused-ring (bicyclic) bond motifs is 16. The Balaban J connectivity index is 1.21. The van der Waals surface area contributed by atoms with E-state index in [0.717, 1.165) is 60.9 Å². The van der Waals surface area contributed by atoms with E-state index in [9.17, 15) is 0 Å². The number of anilines is 3. The third-order valence-corrected chi connectivity index (χ3v) is 14.5. The summed E-state index contributed by atoms with van der Waals surface area (Å²) in [5.74, 6) is 0. The van der Waals surface area contributed by atoms with Crippen LogP contribution in [0.3, 0.4) is 0 Å². The molecule has 0 radical (unpaired) electrons. The van der Waals surface area contributed by atoms with Crippen LogP contribution in [0, 0.1) is 0 Å². The molecule has 2 aliphatic heterocycles. The first-order valence-electron chi connectivity index (χ1n) is 20.8. The summed E-state index contributed by atoms with van der Waals surface area (Å²) in [4.78, 5) is 3.84. The van der Waals surface area contributed by atoms with Gasteiger partial charge >= 0.3 is 6.85 Å². The Morgan fingerprint density at radius 3 is 2.07 bits per heavy atom. The second-order valence-corrected chi connectivity index (χ2v) is 18.6. The van der Waals surface area contributed by atoms with Crippen LogP contribution in [0.4, 0.5) is 17.1 Å². The molecule has 2 aliphatic rings. The summed E-state index contributed by atoms with van der Waals surface area (Å²) in [5, 5.41) is 8.40. The van der Waals surface area contributed by atoms with E-state index in [1.165, 1.54) is 69.9 Å². The van der Waals surface area contributed by atoms with Crippen LogP contribution in [0.25, 0.3) is 97.3 Å². The van der Waals surface area contributed by atoms with E-state index < -0.39 is 0 Å². The van der Waals surface area contributed by atoms with Gasteiger partial charge in [0.2, 0.25) is 0 Å². The molecule has 0 bridgehead atoms. The van der Waals surface area contributed by atoms with E-state index in [0.29, 0.717) is 0 Å². The van der Waals surface area contributed by atoms with Crippen LogP contribution in [0.15, 0.2) is 167 Å². The first-order valence-corrected chi connectivity index (χ1v) is 21.6. The van der Waals surface area contributed by atoms with E-state index in [1.54, 1.807) is 0 Å². The molecule has 60 heavy (non-hydrogen) atoms. The van der Waals surface area contributed by atoms with E-state index in [4.69, 9.17) is 8.83 Å². The van der Waals surface area contributed by atoms with Crippen molar-refractivity contribution in [2.45, 2.75) is 26.2 Å². The smallest absolute Gasteiger partial charge is 0.333 e. The Morgan fingerprint density at radius 1 is 0.533 bits per heavy atom. The number of hydrogen-bond acceptors (Lipinski definition) is 4. The number of rotatable bonds is 2. The van der Waals surface area contributed by atoms with Gasteiger partial charge in [-0.15, -0.1) is 11.3 Å². The maximum Gasteiger partial charge on any atom is 0.333 e. The zero-order chi connectivity index (χ0) is 39.6. The Hall–Kier alpha value is -7.02. The molecular formula is C54H35BN2O2S. The molecule has 0 fully saturated rings. The van der Waals surface area contributed by atoms with Gasteiger partial charge in [0, 0.05) is 82.1 Å². The second kappa shape index (κ2) is 11.4.